The summed E-state index contributed by atoms with van der Waals surface area (Å²) in [5, 5.41) is 7.94. The number of nitrogens with zero attached hydrogens (tertiary/aromatic N) is 4. The van der Waals surface area contributed by atoms with Crippen LogP contribution in [0.1, 0.15) is 26.0 Å². The van der Waals surface area contributed by atoms with Crippen LogP contribution in [0.4, 0.5) is 0 Å². The topological polar surface area (TPSA) is 60.0 Å². The van der Waals surface area contributed by atoms with E-state index >= 15 is 0 Å². The molecule has 0 bridgehead atoms. The van der Waals surface area contributed by atoms with Crippen molar-refractivity contribution < 1.29 is 0 Å². The minimum Gasteiger partial charge on any atom is -0.327 e. The van der Waals surface area contributed by atoms with Crippen LogP contribution in [0.5, 0.6) is 0 Å². The van der Waals surface area contributed by atoms with Crippen LogP contribution in [0.15, 0.2) is 6.20 Å². The highest BCUT2D eigenvalue weighted by molar-refractivity contribution is 4.95. The van der Waals surface area contributed by atoms with Crippen LogP contribution < -0.4 is 5.73 Å². The van der Waals surface area contributed by atoms with E-state index in [0.717, 1.165) is 38.2 Å². The van der Waals surface area contributed by atoms with Gasteiger partial charge in [0.1, 0.15) is 0 Å². The monoisotopic (exact) mass is 225 g/mol. The van der Waals surface area contributed by atoms with E-state index in [-0.39, 0.29) is 6.04 Å². The Hall–Kier alpha value is -0.940. The van der Waals surface area contributed by atoms with Crippen molar-refractivity contribution in [2.75, 3.05) is 19.6 Å². The molecule has 0 radical (unpaired) electrons. The van der Waals surface area contributed by atoms with Gasteiger partial charge < -0.3 is 10.6 Å². The van der Waals surface area contributed by atoms with Gasteiger partial charge in [0.15, 0.2) is 0 Å². The van der Waals surface area contributed by atoms with Crippen molar-refractivity contribution in [2.24, 2.45) is 12.8 Å². The van der Waals surface area contributed by atoms with Gasteiger partial charge in [-0.3, -0.25) is 4.68 Å². The highest BCUT2D eigenvalue weighted by Crippen LogP contribution is 2.01. The fraction of sp³-hybridized carbons (Fsp3) is 0.818. The molecule has 0 saturated heterocycles. The number of hydrogen-bond donors (Lipinski definition) is 1. The Bertz CT molecular complexity index is 292. The molecule has 0 spiro atoms. The molecular formula is C11H23N5. The highest BCUT2D eigenvalue weighted by atomic mass is 15.4. The molecule has 1 aromatic rings. The first kappa shape index (κ1) is 13.1. The van der Waals surface area contributed by atoms with Crippen molar-refractivity contribution in [3.05, 3.63) is 11.9 Å². The van der Waals surface area contributed by atoms with Gasteiger partial charge in [0.05, 0.1) is 5.69 Å². The first-order valence-electron chi connectivity index (χ1n) is 5.98. The summed E-state index contributed by atoms with van der Waals surface area (Å²) >= 11 is 0. The summed E-state index contributed by atoms with van der Waals surface area (Å²) in [7, 11) is 1.87. The molecule has 5 nitrogen and oxygen atoms in total. The molecule has 1 aromatic heterocycles. The summed E-state index contributed by atoms with van der Waals surface area (Å²) < 4.78 is 1.71. The lowest BCUT2D eigenvalue weighted by atomic mass is 10.1. The standard InChI is InChI=1S/C11H23N5/c1-4-16(5-2)7-6-10(12)8-11-9-15(3)14-13-11/h9-10H,4-8,12H2,1-3H3. The zero-order valence-electron chi connectivity index (χ0n) is 10.6. The minimum atomic E-state index is 0.178. The van der Waals surface area contributed by atoms with E-state index in [0.29, 0.717) is 0 Å². The summed E-state index contributed by atoms with van der Waals surface area (Å²) in [5.41, 5.74) is 7.05. The Morgan fingerprint density at radius 1 is 1.44 bits per heavy atom. The summed E-state index contributed by atoms with van der Waals surface area (Å²) in [4.78, 5) is 2.39. The van der Waals surface area contributed by atoms with E-state index in [1.54, 1.807) is 4.68 Å². The molecule has 2 N–H and O–H groups in total. The van der Waals surface area contributed by atoms with E-state index in [4.69, 9.17) is 5.73 Å². The largest absolute Gasteiger partial charge is 0.327 e. The van der Waals surface area contributed by atoms with Crippen molar-refractivity contribution in [3.8, 4) is 0 Å². The van der Waals surface area contributed by atoms with Crippen LogP contribution in [-0.4, -0.2) is 45.6 Å². The Labute approximate surface area is 97.6 Å². The van der Waals surface area contributed by atoms with Crippen LogP contribution in [-0.2, 0) is 13.5 Å². The van der Waals surface area contributed by atoms with E-state index in [1.165, 1.54) is 0 Å². The second-order valence-corrected chi connectivity index (χ2v) is 4.16. The zero-order chi connectivity index (χ0) is 12.0. The molecule has 16 heavy (non-hydrogen) atoms. The second-order valence-electron chi connectivity index (χ2n) is 4.16. The van der Waals surface area contributed by atoms with Crippen molar-refractivity contribution in [3.63, 3.8) is 0 Å². The van der Waals surface area contributed by atoms with Gasteiger partial charge in [-0.05, 0) is 26.1 Å². The van der Waals surface area contributed by atoms with Crippen LogP contribution >= 0.6 is 0 Å². The first-order valence-corrected chi connectivity index (χ1v) is 5.98. The maximum Gasteiger partial charge on any atom is 0.0842 e. The van der Waals surface area contributed by atoms with Gasteiger partial charge in [0.2, 0.25) is 0 Å². The van der Waals surface area contributed by atoms with E-state index in [9.17, 15) is 0 Å². The minimum absolute atomic E-state index is 0.178. The lowest BCUT2D eigenvalue weighted by Crippen LogP contribution is -2.31. The Kier molecular flexibility index (Phi) is 5.42. The van der Waals surface area contributed by atoms with Gasteiger partial charge >= 0.3 is 0 Å². The van der Waals surface area contributed by atoms with E-state index in [1.807, 2.05) is 13.2 Å². The number of hydrogen-bond acceptors (Lipinski definition) is 4. The van der Waals surface area contributed by atoms with Gasteiger partial charge in [-0.15, -0.1) is 5.10 Å². The van der Waals surface area contributed by atoms with Gasteiger partial charge in [-0.25, -0.2) is 0 Å². The highest BCUT2D eigenvalue weighted by Gasteiger charge is 2.08. The molecule has 0 saturated carbocycles. The maximum absolute atomic E-state index is 6.07. The second kappa shape index (κ2) is 6.60. The normalized spacial score (nSPS) is 13.3. The molecule has 1 rings (SSSR count). The molecule has 0 aliphatic heterocycles. The third-order valence-electron chi connectivity index (χ3n) is 2.83. The fourth-order valence-electron chi connectivity index (χ4n) is 1.75. The summed E-state index contributed by atoms with van der Waals surface area (Å²) in [6.07, 6.45) is 3.75. The molecule has 0 amide bonds. The molecule has 0 aromatic carbocycles. The summed E-state index contributed by atoms with van der Waals surface area (Å²) in [5.74, 6) is 0. The molecule has 1 atom stereocenters. The lowest BCUT2D eigenvalue weighted by Gasteiger charge is -2.19. The number of rotatable bonds is 7. The molecule has 0 aliphatic carbocycles. The fourth-order valence-corrected chi connectivity index (χ4v) is 1.75. The smallest absolute Gasteiger partial charge is 0.0842 e. The average molecular weight is 225 g/mol. The van der Waals surface area contributed by atoms with Crippen molar-refractivity contribution in [1.29, 1.82) is 0 Å². The Morgan fingerprint density at radius 2 is 2.12 bits per heavy atom. The SMILES string of the molecule is CCN(CC)CCC(N)Cc1cn(C)nn1. The summed E-state index contributed by atoms with van der Waals surface area (Å²) in [6.45, 7) is 7.60. The molecule has 0 aliphatic rings. The predicted molar refractivity (Wildman–Crippen MR) is 65.1 cm³/mol. The lowest BCUT2D eigenvalue weighted by molar-refractivity contribution is 0.289. The van der Waals surface area contributed by atoms with Crippen molar-refractivity contribution >= 4 is 0 Å². The van der Waals surface area contributed by atoms with Gasteiger partial charge in [0.25, 0.3) is 0 Å². The number of aryl methyl sites for hydroxylation is 1. The van der Waals surface area contributed by atoms with Gasteiger partial charge in [-0.1, -0.05) is 19.1 Å². The maximum atomic E-state index is 6.07. The third-order valence-corrected chi connectivity index (χ3v) is 2.83. The molecule has 1 unspecified atom stereocenters. The van der Waals surface area contributed by atoms with E-state index < -0.39 is 0 Å². The molecule has 92 valence electrons. The van der Waals surface area contributed by atoms with Crippen LogP contribution in [0.25, 0.3) is 0 Å². The molecule has 0 fully saturated rings. The number of nitrogens with two attached hydrogens (primary N) is 1. The molecule has 5 heteroatoms. The third kappa shape index (κ3) is 4.28. The zero-order valence-corrected chi connectivity index (χ0v) is 10.6. The van der Waals surface area contributed by atoms with Crippen molar-refractivity contribution in [2.45, 2.75) is 32.7 Å². The van der Waals surface area contributed by atoms with Gasteiger partial charge in [0, 0.05) is 25.7 Å². The van der Waals surface area contributed by atoms with Crippen LogP contribution in [0, 0.1) is 0 Å². The summed E-state index contributed by atoms with van der Waals surface area (Å²) in [6, 6.07) is 0.178. The molecular weight excluding hydrogens is 202 g/mol. The first-order chi connectivity index (χ1) is 7.65. The van der Waals surface area contributed by atoms with Crippen LogP contribution in [0.2, 0.25) is 0 Å². The average Bonchev–Trinajstić information content (AvgIpc) is 2.65. The van der Waals surface area contributed by atoms with Crippen LogP contribution in [0.3, 0.4) is 0 Å². The quantitative estimate of drug-likeness (QED) is 0.730. The van der Waals surface area contributed by atoms with Crippen molar-refractivity contribution in [1.82, 2.24) is 19.9 Å². The Balaban J connectivity index is 2.27. The predicted octanol–water partition coefficient (Wildman–Crippen LogP) is 0.417. The molecule has 1 heterocycles. The Morgan fingerprint density at radius 3 is 2.62 bits per heavy atom. The number of aromatic nitrogens is 3. The van der Waals surface area contributed by atoms with E-state index in [2.05, 4.69) is 29.1 Å². The van der Waals surface area contributed by atoms with Gasteiger partial charge in [-0.2, -0.15) is 0 Å².